The summed E-state index contributed by atoms with van der Waals surface area (Å²) in [4.78, 5) is 0. The van der Waals surface area contributed by atoms with Gasteiger partial charge in [0.15, 0.2) is 0 Å². The Kier molecular flexibility index (Phi) is 89.4. The van der Waals surface area contributed by atoms with Crippen LogP contribution in [-0.4, -0.2) is 138 Å². The minimum Gasteiger partial charge on any atom is -0.315 e. The number of unbranched alkanes of at least 4 members (excludes halogenated alkanes) is 33. The molecule has 0 amide bonds. The molecule has 3 fully saturated rings. The third kappa shape index (κ3) is 89.3. The lowest BCUT2D eigenvalue weighted by Gasteiger charge is -2.11. The quantitative estimate of drug-likeness (QED) is 0.0284. The van der Waals surface area contributed by atoms with E-state index in [-0.39, 0.29) is 0 Å². The Labute approximate surface area is 491 Å². The number of hydrogen-bond donors (Lipinski definition) is 12. The summed E-state index contributed by atoms with van der Waals surface area (Å²) in [6.07, 6.45) is 56.0. The summed E-state index contributed by atoms with van der Waals surface area (Å²) >= 11 is 0. The van der Waals surface area contributed by atoms with Crippen molar-refractivity contribution >= 4 is 0 Å². The molecule has 0 spiro atoms. The molecule has 474 valence electrons. The second-order valence-corrected chi connectivity index (χ2v) is 22.7. The first-order chi connectivity index (χ1) is 38.7. The van der Waals surface area contributed by atoms with Gasteiger partial charge in [0, 0.05) is 98.5 Å². The highest BCUT2D eigenvalue weighted by atomic mass is 15.1. The Morgan fingerprint density at radius 2 is 0.256 bits per heavy atom. The standard InChI is InChI=1S/3C14H30.3C8H20N4/c3*1-3-5-7-9-11-13-14-12-10-8-6-4-2;3*1-2-9-4-6-11-8-12-7-5-10-3-1/h3*3-14H2,1-2H3;3*9-12H,1-8H2. The summed E-state index contributed by atoms with van der Waals surface area (Å²) in [6, 6.07) is 0. The number of rotatable bonds is 33. The first-order valence-electron chi connectivity index (χ1n) is 35.2. The lowest BCUT2D eigenvalue weighted by molar-refractivity contribution is 0.513. The highest BCUT2D eigenvalue weighted by Gasteiger charge is 1.98. The molecule has 12 N–H and O–H groups in total. The topological polar surface area (TPSA) is 144 Å². The Hall–Kier alpha value is -0.480. The SMILES string of the molecule is C1CNCCNCNCCNC1.C1CNCCNCNCCNC1.C1CNCCNCNCCNC1.CCCCCCCCCCCCCC.CCCCCCCCCCCCCC.CCCCCCCCCCCCCC. The van der Waals surface area contributed by atoms with E-state index in [0.29, 0.717) is 0 Å². The molecule has 0 bridgehead atoms. The molecule has 0 atom stereocenters. The molecule has 3 aliphatic heterocycles. The zero-order valence-corrected chi connectivity index (χ0v) is 54.4. The molecule has 0 aromatic carbocycles. The van der Waals surface area contributed by atoms with Crippen LogP contribution in [0.4, 0.5) is 0 Å². The van der Waals surface area contributed by atoms with Crippen molar-refractivity contribution in [1.82, 2.24) is 63.8 Å². The van der Waals surface area contributed by atoms with E-state index in [2.05, 4.69) is 105 Å². The summed E-state index contributed by atoms with van der Waals surface area (Å²) < 4.78 is 0. The van der Waals surface area contributed by atoms with Crippen LogP contribution in [0.1, 0.15) is 292 Å². The molecule has 3 heterocycles. The van der Waals surface area contributed by atoms with Crippen LogP contribution < -0.4 is 63.8 Å². The van der Waals surface area contributed by atoms with Gasteiger partial charge >= 0.3 is 0 Å². The molecular weight excluding hydrogens is 961 g/mol. The minimum atomic E-state index is 0.920. The van der Waals surface area contributed by atoms with Gasteiger partial charge in [-0.3, -0.25) is 0 Å². The molecule has 0 aromatic rings. The Morgan fingerprint density at radius 1 is 0.141 bits per heavy atom. The highest BCUT2D eigenvalue weighted by molar-refractivity contribution is 4.61. The third-order valence-corrected chi connectivity index (χ3v) is 14.6. The van der Waals surface area contributed by atoms with E-state index < -0.39 is 0 Å². The van der Waals surface area contributed by atoms with Crippen molar-refractivity contribution in [2.75, 3.05) is 138 Å². The van der Waals surface area contributed by atoms with E-state index in [1.54, 1.807) is 0 Å². The average Bonchev–Trinajstić information content (AvgIpc) is 3.44. The fourth-order valence-electron chi connectivity index (χ4n) is 9.36. The monoisotopic (exact) mass is 1110 g/mol. The van der Waals surface area contributed by atoms with Gasteiger partial charge in [-0.15, -0.1) is 0 Å². The molecule has 12 heteroatoms. The van der Waals surface area contributed by atoms with Gasteiger partial charge in [0.25, 0.3) is 0 Å². The zero-order chi connectivity index (χ0) is 56.9. The minimum absolute atomic E-state index is 0.920. The Balaban J connectivity index is -0.000000866. The van der Waals surface area contributed by atoms with Crippen LogP contribution >= 0.6 is 0 Å². The van der Waals surface area contributed by atoms with Crippen molar-refractivity contribution in [3.8, 4) is 0 Å². The van der Waals surface area contributed by atoms with E-state index in [0.717, 1.165) is 138 Å². The second kappa shape index (κ2) is 85.3. The van der Waals surface area contributed by atoms with Crippen molar-refractivity contribution in [1.29, 1.82) is 0 Å². The third-order valence-electron chi connectivity index (χ3n) is 14.6. The van der Waals surface area contributed by atoms with E-state index in [9.17, 15) is 0 Å². The maximum absolute atomic E-state index is 3.37. The Bertz CT molecular complexity index is 658. The lowest BCUT2D eigenvalue weighted by Crippen LogP contribution is -2.39. The van der Waals surface area contributed by atoms with Crippen LogP contribution in [-0.2, 0) is 0 Å². The maximum Gasteiger partial charge on any atom is 0.0455 e. The van der Waals surface area contributed by atoms with Crippen LogP contribution in [0, 0.1) is 0 Å². The van der Waals surface area contributed by atoms with Crippen LogP contribution in [0.5, 0.6) is 0 Å². The molecular formula is C66H150N12. The summed E-state index contributed by atoms with van der Waals surface area (Å²) in [6.45, 7) is 36.0. The van der Waals surface area contributed by atoms with Gasteiger partial charge in [-0.1, -0.05) is 273 Å². The molecule has 0 aliphatic carbocycles. The van der Waals surface area contributed by atoms with Gasteiger partial charge in [0.2, 0.25) is 0 Å². The smallest absolute Gasteiger partial charge is 0.0455 e. The van der Waals surface area contributed by atoms with Gasteiger partial charge in [0.1, 0.15) is 0 Å². The molecule has 3 saturated heterocycles. The summed E-state index contributed by atoms with van der Waals surface area (Å²) in [5.41, 5.74) is 0. The molecule has 3 rings (SSSR count). The van der Waals surface area contributed by atoms with Crippen LogP contribution in [0.15, 0.2) is 0 Å². The van der Waals surface area contributed by atoms with E-state index in [4.69, 9.17) is 0 Å². The zero-order valence-electron chi connectivity index (χ0n) is 54.4. The fourth-order valence-corrected chi connectivity index (χ4v) is 9.36. The first kappa shape index (κ1) is 81.7. The van der Waals surface area contributed by atoms with Crippen molar-refractivity contribution in [2.24, 2.45) is 0 Å². The summed E-state index contributed by atoms with van der Waals surface area (Å²) in [7, 11) is 0. The van der Waals surface area contributed by atoms with Gasteiger partial charge in [-0.05, 0) is 58.5 Å². The molecule has 3 aliphatic rings. The summed E-state index contributed by atoms with van der Waals surface area (Å²) in [5.74, 6) is 0. The lowest BCUT2D eigenvalue weighted by atomic mass is 10.1. The molecule has 12 nitrogen and oxygen atoms in total. The van der Waals surface area contributed by atoms with Gasteiger partial charge < -0.3 is 63.8 Å². The molecule has 78 heavy (non-hydrogen) atoms. The van der Waals surface area contributed by atoms with Crippen molar-refractivity contribution in [3.05, 3.63) is 0 Å². The van der Waals surface area contributed by atoms with Crippen LogP contribution in [0.3, 0.4) is 0 Å². The first-order valence-corrected chi connectivity index (χ1v) is 35.2. The van der Waals surface area contributed by atoms with Crippen molar-refractivity contribution in [3.63, 3.8) is 0 Å². The fraction of sp³-hybridized carbons (Fsp3) is 1.00. The van der Waals surface area contributed by atoms with Crippen molar-refractivity contribution < 1.29 is 0 Å². The second-order valence-electron chi connectivity index (χ2n) is 22.7. The van der Waals surface area contributed by atoms with Gasteiger partial charge in [-0.25, -0.2) is 0 Å². The van der Waals surface area contributed by atoms with Crippen molar-refractivity contribution in [2.45, 2.75) is 292 Å². The maximum atomic E-state index is 3.37. The Morgan fingerprint density at radius 3 is 0.385 bits per heavy atom. The largest absolute Gasteiger partial charge is 0.315 e. The van der Waals surface area contributed by atoms with Crippen LogP contribution in [0.25, 0.3) is 0 Å². The van der Waals surface area contributed by atoms with E-state index in [1.165, 1.54) is 250 Å². The van der Waals surface area contributed by atoms with E-state index >= 15 is 0 Å². The molecule has 0 saturated carbocycles. The van der Waals surface area contributed by atoms with Crippen LogP contribution in [0.2, 0.25) is 0 Å². The molecule has 0 radical (unpaired) electrons. The summed E-state index contributed by atoms with van der Waals surface area (Å²) in [5, 5.41) is 40.0. The molecule has 0 aromatic heterocycles. The number of hydrogen-bond acceptors (Lipinski definition) is 12. The number of nitrogens with one attached hydrogen (secondary N) is 12. The predicted molar refractivity (Wildman–Crippen MR) is 354 cm³/mol. The van der Waals surface area contributed by atoms with Gasteiger partial charge in [-0.2, -0.15) is 0 Å². The normalized spacial score (nSPS) is 16.8. The van der Waals surface area contributed by atoms with Gasteiger partial charge in [0.05, 0.1) is 0 Å². The predicted octanol–water partition coefficient (Wildman–Crippen LogP) is 13.2. The van der Waals surface area contributed by atoms with E-state index in [1.807, 2.05) is 0 Å². The average molecular weight is 1110 g/mol. The molecule has 0 unspecified atom stereocenters. The highest BCUT2D eigenvalue weighted by Crippen LogP contribution is 2.14.